The number of sulfonamides is 1. The number of thiophene rings is 1. The Morgan fingerprint density at radius 2 is 2.00 bits per heavy atom. The Kier molecular flexibility index (Phi) is 3.54. The minimum atomic E-state index is -3.69. The van der Waals surface area contributed by atoms with Crippen LogP contribution in [-0.2, 0) is 10.0 Å². The van der Waals surface area contributed by atoms with E-state index in [0.717, 1.165) is 11.3 Å². The monoisotopic (exact) mass is 298 g/mol. The molecule has 0 saturated carbocycles. The number of nitrogens with one attached hydrogen (secondary N) is 1. The van der Waals surface area contributed by atoms with Gasteiger partial charge in [-0.2, -0.15) is 0 Å². The molecular formula is C11H10N2O4S2. The summed E-state index contributed by atoms with van der Waals surface area (Å²) in [5.41, 5.74) is 0.376. The molecule has 100 valence electrons. The van der Waals surface area contributed by atoms with Crippen LogP contribution in [0.15, 0.2) is 39.9 Å². The van der Waals surface area contributed by atoms with Crippen LogP contribution in [0.5, 0.6) is 0 Å². The zero-order chi connectivity index (χ0) is 14.0. The molecule has 0 atom stereocenters. The van der Waals surface area contributed by atoms with E-state index in [4.69, 9.17) is 0 Å². The molecule has 0 unspecified atom stereocenters. The molecule has 0 aliphatic carbocycles. The lowest BCUT2D eigenvalue weighted by molar-refractivity contribution is -0.385. The number of nitrogens with zero attached hydrogens (tertiary/aromatic N) is 1. The van der Waals surface area contributed by atoms with Gasteiger partial charge in [0.15, 0.2) is 0 Å². The molecule has 0 fully saturated rings. The predicted octanol–water partition coefficient (Wildman–Crippen LogP) is 2.77. The summed E-state index contributed by atoms with van der Waals surface area (Å²) in [6.45, 7) is 1.50. The van der Waals surface area contributed by atoms with Crippen molar-refractivity contribution in [2.45, 2.75) is 11.1 Å². The van der Waals surface area contributed by atoms with E-state index in [9.17, 15) is 18.5 Å². The van der Waals surface area contributed by atoms with Crippen LogP contribution >= 0.6 is 11.3 Å². The maximum absolute atomic E-state index is 12.0. The van der Waals surface area contributed by atoms with Crippen LogP contribution in [0, 0.1) is 17.0 Å². The van der Waals surface area contributed by atoms with E-state index in [1.54, 1.807) is 11.4 Å². The molecule has 0 amide bonds. The standard InChI is InChI=1S/C11H10N2O4S2/c1-8-9(4-2-5-10(8)13(14)15)12-19(16,17)11-6-3-7-18-11/h2-7,12H,1H3. The van der Waals surface area contributed by atoms with Crippen molar-refractivity contribution >= 4 is 32.7 Å². The van der Waals surface area contributed by atoms with Crippen molar-refractivity contribution in [1.82, 2.24) is 0 Å². The second-order valence-electron chi connectivity index (χ2n) is 3.74. The minimum Gasteiger partial charge on any atom is -0.278 e. The summed E-state index contributed by atoms with van der Waals surface area (Å²) in [5, 5.41) is 12.4. The van der Waals surface area contributed by atoms with E-state index in [2.05, 4.69) is 4.72 Å². The van der Waals surface area contributed by atoms with Gasteiger partial charge in [-0.3, -0.25) is 14.8 Å². The summed E-state index contributed by atoms with van der Waals surface area (Å²) in [7, 11) is -3.69. The smallest absolute Gasteiger partial charge is 0.274 e. The normalized spacial score (nSPS) is 11.2. The van der Waals surface area contributed by atoms with Crippen LogP contribution in [0.25, 0.3) is 0 Å². The number of rotatable bonds is 4. The van der Waals surface area contributed by atoms with Gasteiger partial charge >= 0.3 is 0 Å². The van der Waals surface area contributed by atoms with Crippen LogP contribution in [0.3, 0.4) is 0 Å². The average Bonchev–Trinajstić information content (AvgIpc) is 2.85. The second-order valence-corrected chi connectivity index (χ2v) is 6.60. The quantitative estimate of drug-likeness (QED) is 0.694. The van der Waals surface area contributed by atoms with Gasteiger partial charge in [0.25, 0.3) is 15.7 Å². The molecule has 1 N–H and O–H groups in total. The first-order chi connectivity index (χ1) is 8.92. The van der Waals surface area contributed by atoms with E-state index in [-0.39, 0.29) is 21.1 Å². The van der Waals surface area contributed by atoms with Crippen molar-refractivity contribution < 1.29 is 13.3 Å². The van der Waals surface area contributed by atoms with Crippen molar-refractivity contribution in [2.24, 2.45) is 0 Å². The van der Waals surface area contributed by atoms with Crippen LogP contribution in [0.2, 0.25) is 0 Å². The fourth-order valence-corrected chi connectivity index (χ4v) is 3.66. The van der Waals surface area contributed by atoms with Crippen LogP contribution in [0.1, 0.15) is 5.56 Å². The Morgan fingerprint density at radius 1 is 1.26 bits per heavy atom. The molecule has 1 aromatic heterocycles. The van der Waals surface area contributed by atoms with Crippen LogP contribution in [0.4, 0.5) is 11.4 Å². The second kappa shape index (κ2) is 4.98. The highest BCUT2D eigenvalue weighted by atomic mass is 32.2. The zero-order valence-corrected chi connectivity index (χ0v) is 11.5. The molecule has 1 aromatic carbocycles. The molecule has 2 rings (SSSR count). The third kappa shape index (κ3) is 2.74. The zero-order valence-electron chi connectivity index (χ0n) is 9.86. The van der Waals surface area contributed by atoms with Gasteiger partial charge in [0.1, 0.15) is 4.21 Å². The maximum Gasteiger partial charge on any atom is 0.274 e. The summed E-state index contributed by atoms with van der Waals surface area (Å²) < 4.78 is 26.6. The molecule has 0 radical (unpaired) electrons. The maximum atomic E-state index is 12.0. The Bertz CT molecular complexity index is 708. The summed E-state index contributed by atoms with van der Waals surface area (Å²) in [5.74, 6) is 0. The van der Waals surface area contributed by atoms with Gasteiger partial charge in [-0.05, 0) is 24.4 Å². The van der Waals surface area contributed by atoms with Crippen LogP contribution in [-0.4, -0.2) is 13.3 Å². The fraction of sp³-hybridized carbons (Fsp3) is 0.0909. The number of anilines is 1. The summed E-state index contributed by atoms with van der Waals surface area (Å²) >= 11 is 1.08. The van der Waals surface area contributed by atoms with Crippen molar-refractivity contribution in [3.63, 3.8) is 0 Å². The lowest BCUT2D eigenvalue weighted by Crippen LogP contribution is -2.12. The molecule has 1 heterocycles. The van der Waals surface area contributed by atoms with E-state index in [0.29, 0.717) is 0 Å². The lowest BCUT2D eigenvalue weighted by atomic mass is 10.2. The van der Waals surface area contributed by atoms with Crippen molar-refractivity contribution in [3.05, 3.63) is 51.4 Å². The Morgan fingerprint density at radius 3 is 2.58 bits per heavy atom. The van der Waals surface area contributed by atoms with Gasteiger partial charge in [-0.15, -0.1) is 11.3 Å². The van der Waals surface area contributed by atoms with Crippen molar-refractivity contribution in [3.8, 4) is 0 Å². The Hall–Kier alpha value is -1.93. The third-order valence-electron chi connectivity index (χ3n) is 2.51. The van der Waals surface area contributed by atoms with E-state index >= 15 is 0 Å². The largest absolute Gasteiger partial charge is 0.278 e. The van der Waals surface area contributed by atoms with Crippen LogP contribution < -0.4 is 4.72 Å². The Balaban J connectivity index is 2.40. The first kappa shape index (κ1) is 13.5. The summed E-state index contributed by atoms with van der Waals surface area (Å²) in [6.07, 6.45) is 0. The summed E-state index contributed by atoms with van der Waals surface area (Å²) in [4.78, 5) is 10.3. The van der Waals surface area contributed by atoms with Gasteiger partial charge in [-0.25, -0.2) is 8.42 Å². The highest BCUT2D eigenvalue weighted by Gasteiger charge is 2.19. The SMILES string of the molecule is Cc1c(NS(=O)(=O)c2cccs2)cccc1[N+](=O)[O-]. The van der Waals surface area contributed by atoms with Gasteiger partial charge < -0.3 is 0 Å². The molecular weight excluding hydrogens is 288 g/mol. The number of nitro groups is 1. The summed E-state index contributed by atoms with van der Waals surface area (Å²) in [6, 6.07) is 7.36. The average molecular weight is 298 g/mol. The molecule has 0 spiro atoms. The highest BCUT2D eigenvalue weighted by Crippen LogP contribution is 2.28. The van der Waals surface area contributed by atoms with Gasteiger partial charge in [-0.1, -0.05) is 12.1 Å². The number of nitro benzene ring substituents is 1. The van der Waals surface area contributed by atoms with E-state index in [1.807, 2.05) is 0 Å². The molecule has 19 heavy (non-hydrogen) atoms. The van der Waals surface area contributed by atoms with E-state index in [1.165, 1.54) is 31.2 Å². The van der Waals surface area contributed by atoms with Crippen molar-refractivity contribution in [1.29, 1.82) is 0 Å². The van der Waals surface area contributed by atoms with Gasteiger partial charge in [0, 0.05) is 6.07 Å². The van der Waals surface area contributed by atoms with Gasteiger partial charge in [0.05, 0.1) is 16.2 Å². The molecule has 0 aliphatic rings. The number of benzene rings is 1. The Labute approximate surface area is 113 Å². The molecule has 0 saturated heterocycles. The van der Waals surface area contributed by atoms with Gasteiger partial charge in [0.2, 0.25) is 0 Å². The third-order valence-corrected chi connectivity index (χ3v) is 5.27. The highest BCUT2D eigenvalue weighted by molar-refractivity contribution is 7.94. The minimum absolute atomic E-state index is 0.119. The predicted molar refractivity (Wildman–Crippen MR) is 73.0 cm³/mol. The lowest BCUT2D eigenvalue weighted by Gasteiger charge is -2.09. The van der Waals surface area contributed by atoms with Crippen molar-refractivity contribution in [2.75, 3.05) is 4.72 Å². The number of hydrogen-bond acceptors (Lipinski definition) is 5. The molecule has 0 bridgehead atoms. The first-order valence-electron chi connectivity index (χ1n) is 5.22. The first-order valence-corrected chi connectivity index (χ1v) is 7.58. The molecule has 8 heteroatoms. The fourth-order valence-electron chi connectivity index (χ4n) is 1.54. The topological polar surface area (TPSA) is 89.3 Å². The molecule has 6 nitrogen and oxygen atoms in total. The van der Waals surface area contributed by atoms with E-state index < -0.39 is 14.9 Å². The molecule has 2 aromatic rings. The number of hydrogen-bond donors (Lipinski definition) is 1. The molecule has 0 aliphatic heterocycles.